The van der Waals surface area contributed by atoms with E-state index in [4.69, 9.17) is 11.6 Å². The molecule has 66 valence electrons. The van der Waals surface area contributed by atoms with Gasteiger partial charge in [0.1, 0.15) is 5.82 Å². The summed E-state index contributed by atoms with van der Waals surface area (Å²) in [5.41, 5.74) is 1.21. The summed E-state index contributed by atoms with van der Waals surface area (Å²) in [7, 11) is 0. The van der Waals surface area contributed by atoms with E-state index < -0.39 is 0 Å². The quantitative estimate of drug-likeness (QED) is 0.762. The first-order valence-corrected chi connectivity index (χ1v) is 5.02. The van der Waals surface area contributed by atoms with Crippen LogP contribution in [-0.2, 0) is 6.42 Å². The standard InChI is InChI=1S/C9H7ClN2S/c10-9-11-8(12-13-9)6-7-4-2-1-3-5-7/h1-5H,6H2. The molecule has 0 radical (unpaired) electrons. The molecule has 2 aromatic rings. The van der Waals surface area contributed by atoms with Crippen LogP contribution >= 0.6 is 23.1 Å². The van der Waals surface area contributed by atoms with Gasteiger partial charge >= 0.3 is 0 Å². The number of hydrogen-bond acceptors (Lipinski definition) is 3. The lowest BCUT2D eigenvalue weighted by molar-refractivity contribution is 1.04. The average molecular weight is 211 g/mol. The van der Waals surface area contributed by atoms with Gasteiger partial charge < -0.3 is 0 Å². The molecule has 0 amide bonds. The van der Waals surface area contributed by atoms with Gasteiger partial charge in [-0.25, -0.2) is 4.98 Å². The van der Waals surface area contributed by atoms with Gasteiger partial charge in [-0.3, -0.25) is 0 Å². The van der Waals surface area contributed by atoms with E-state index in [9.17, 15) is 0 Å². The molecule has 1 heterocycles. The fourth-order valence-electron chi connectivity index (χ4n) is 1.08. The van der Waals surface area contributed by atoms with Gasteiger partial charge in [0.2, 0.25) is 4.47 Å². The van der Waals surface area contributed by atoms with Crippen molar-refractivity contribution in [3.63, 3.8) is 0 Å². The Balaban J connectivity index is 2.15. The maximum atomic E-state index is 5.67. The van der Waals surface area contributed by atoms with Crippen molar-refractivity contribution < 1.29 is 0 Å². The summed E-state index contributed by atoms with van der Waals surface area (Å²) >= 11 is 6.90. The number of hydrogen-bond donors (Lipinski definition) is 0. The van der Waals surface area contributed by atoms with Crippen LogP contribution in [0.3, 0.4) is 0 Å². The van der Waals surface area contributed by atoms with Crippen molar-refractivity contribution in [3.8, 4) is 0 Å². The molecule has 1 aromatic heterocycles. The highest BCUT2D eigenvalue weighted by Gasteiger charge is 2.01. The molecular formula is C9H7ClN2S. The number of benzene rings is 1. The molecule has 0 aliphatic heterocycles. The Morgan fingerprint density at radius 3 is 2.62 bits per heavy atom. The summed E-state index contributed by atoms with van der Waals surface area (Å²) in [6, 6.07) is 10.1. The Hall–Kier alpha value is -0.930. The van der Waals surface area contributed by atoms with Gasteiger partial charge in [-0.05, 0) is 28.7 Å². The molecule has 0 unspecified atom stereocenters. The molecule has 0 N–H and O–H groups in total. The van der Waals surface area contributed by atoms with Gasteiger partial charge in [0.05, 0.1) is 0 Å². The third kappa shape index (κ3) is 2.26. The van der Waals surface area contributed by atoms with Crippen LogP contribution in [0.4, 0.5) is 0 Å². The molecule has 0 saturated heterocycles. The van der Waals surface area contributed by atoms with E-state index in [-0.39, 0.29) is 0 Å². The molecule has 1 aromatic carbocycles. The SMILES string of the molecule is Clc1nc(Cc2ccccc2)ns1. The van der Waals surface area contributed by atoms with Crippen LogP contribution in [-0.4, -0.2) is 9.36 Å². The Morgan fingerprint density at radius 2 is 2.00 bits per heavy atom. The van der Waals surface area contributed by atoms with E-state index in [0.29, 0.717) is 4.47 Å². The van der Waals surface area contributed by atoms with Gasteiger partial charge in [0.15, 0.2) is 0 Å². The molecule has 0 spiro atoms. The Labute approximate surface area is 85.4 Å². The van der Waals surface area contributed by atoms with Gasteiger partial charge in [0, 0.05) is 6.42 Å². The summed E-state index contributed by atoms with van der Waals surface area (Å²) < 4.78 is 4.62. The predicted molar refractivity (Wildman–Crippen MR) is 54.2 cm³/mol. The maximum absolute atomic E-state index is 5.67. The molecular weight excluding hydrogens is 204 g/mol. The van der Waals surface area contributed by atoms with Gasteiger partial charge in [0.25, 0.3) is 0 Å². The van der Waals surface area contributed by atoms with Crippen LogP contribution in [0.5, 0.6) is 0 Å². The largest absolute Gasteiger partial charge is 0.208 e. The highest BCUT2D eigenvalue weighted by atomic mass is 35.5. The summed E-state index contributed by atoms with van der Waals surface area (Å²) in [5.74, 6) is 0.793. The molecule has 0 aliphatic carbocycles. The lowest BCUT2D eigenvalue weighted by atomic mass is 10.1. The van der Waals surface area contributed by atoms with E-state index in [1.54, 1.807) is 0 Å². The van der Waals surface area contributed by atoms with E-state index in [0.717, 1.165) is 12.2 Å². The van der Waals surface area contributed by atoms with Crippen LogP contribution in [0, 0.1) is 0 Å². The van der Waals surface area contributed by atoms with Crippen molar-refractivity contribution in [2.24, 2.45) is 0 Å². The van der Waals surface area contributed by atoms with Crippen molar-refractivity contribution >= 4 is 23.1 Å². The van der Waals surface area contributed by atoms with Gasteiger partial charge in [-0.1, -0.05) is 30.3 Å². The third-order valence-electron chi connectivity index (χ3n) is 1.65. The van der Waals surface area contributed by atoms with Crippen molar-refractivity contribution in [2.75, 3.05) is 0 Å². The smallest absolute Gasteiger partial charge is 0.203 e. The lowest BCUT2D eigenvalue weighted by Gasteiger charge is -1.94. The van der Waals surface area contributed by atoms with Crippen molar-refractivity contribution in [1.82, 2.24) is 9.36 Å². The minimum atomic E-state index is 0.505. The first-order valence-electron chi connectivity index (χ1n) is 3.86. The molecule has 0 atom stereocenters. The minimum absolute atomic E-state index is 0.505. The number of halogens is 1. The molecule has 2 nitrogen and oxygen atoms in total. The first kappa shape index (κ1) is 8.66. The minimum Gasteiger partial charge on any atom is -0.208 e. The predicted octanol–water partition coefficient (Wildman–Crippen LogP) is 2.78. The Morgan fingerprint density at radius 1 is 1.23 bits per heavy atom. The second-order valence-corrected chi connectivity index (χ2v) is 3.96. The number of aromatic nitrogens is 2. The van der Waals surface area contributed by atoms with Gasteiger partial charge in [-0.2, -0.15) is 4.37 Å². The summed E-state index contributed by atoms with van der Waals surface area (Å²) in [4.78, 5) is 4.08. The van der Waals surface area contributed by atoms with Crippen LogP contribution < -0.4 is 0 Å². The fourth-order valence-corrected chi connectivity index (χ4v) is 1.72. The topological polar surface area (TPSA) is 25.8 Å². The second kappa shape index (κ2) is 3.85. The first-order chi connectivity index (χ1) is 6.34. The maximum Gasteiger partial charge on any atom is 0.203 e. The third-order valence-corrected chi connectivity index (χ3v) is 2.48. The highest BCUT2D eigenvalue weighted by Crippen LogP contribution is 2.13. The number of nitrogens with zero attached hydrogens (tertiary/aromatic N) is 2. The van der Waals surface area contributed by atoms with Crippen LogP contribution in [0.25, 0.3) is 0 Å². The Bertz CT molecular complexity index is 386. The van der Waals surface area contributed by atoms with Gasteiger partial charge in [-0.15, -0.1) is 0 Å². The summed E-state index contributed by atoms with van der Waals surface area (Å²) in [6.07, 6.45) is 0.754. The van der Waals surface area contributed by atoms with Crippen molar-refractivity contribution in [2.45, 2.75) is 6.42 Å². The second-order valence-electron chi connectivity index (χ2n) is 2.63. The van der Waals surface area contributed by atoms with Crippen LogP contribution in [0.15, 0.2) is 30.3 Å². The van der Waals surface area contributed by atoms with E-state index >= 15 is 0 Å². The van der Waals surface area contributed by atoms with Crippen molar-refractivity contribution in [3.05, 3.63) is 46.2 Å². The van der Waals surface area contributed by atoms with E-state index in [1.165, 1.54) is 17.1 Å². The fraction of sp³-hybridized carbons (Fsp3) is 0.111. The highest BCUT2D eigenvalue weighted by molar-refractivity contribution is 7.10. The van der Waals surface area contributed by atoms with E-state index in [1.807, 2.05) is 18.2 Å². The molecule has 0 saturated carbocycles. The zero-order chi connectivity index (χ0) is 9.10. The molecule has 4 heteroatoms. The van der Waals surface area contributed by atoms with Crippen LogP contribution in [0.2, 0.25) is 4.47 Å². The lowest BCUT2D eigenvalue weighted by Crippen LogP contribution is -1.89. The molecule has 0 bridgehead atoms. The zero-order valence-electron chi connectivity index (χ0n) is 6.77. The zero-order valence-corrected chi connectivity index (χ0v) is 8.35. The molecule has 0 fully saturated rings. The van der Waals surface area contributed by atoms with Crippen LogP contribution in [0.1, 0.15) is 11.4 Å². The summed E-state index contributed by atoms with van der Waals surface area (Å²) in [5, 5.41) is 0. The molecule has 2 rings (SSSR count). The Kier molecular flexibility index (Phi) is 2.57. The molecule has 0 aliphatic rings. The summed E-state index contributed by atoms with van der Waals surface area (Å²) in [6.45, 7) is 0. The molecule has 13 heavy (non-hydrogen) atoms. The average Bonchev–Trinajstić information content (AvgIpc) is 2.53. The monoisotopic (exact) mass is 210 g/mol. The normalized spacial score (nSPS) is 10.2. The van der Waals surface area contributed by atoms with Crippen molar-refractivity contribution in [1.29, 1.82) is 0 Å². The van der Waals surface area contributed by atoms with E-state index in [2.05, 4.69) is 21.5 Å². The number of rotatable bonds is 2.